The van der Waals surface area contributed by atoms with Crippen LogP contribution >= 0.6 is 0 Å². The Morgan fingerprint density at radius 1 is 1.26 bits per heavy atom. The summed E-state index contributed by atoms with van der Waals surface area (Å²) in [6, 6.07) is 5.10. The van der Waals surface area contributed by atoms with Gasteiger partial charge in [0.2, 0.25) is 0 Å². The van der Waals surface area contributed by atoms with E-state index in [0.29, 0.717) is 12.0 Å². The molecular formula is C17H21FN2O3. The first-order valence-electron chi connectivity index (χ1n) is 7.80. The first-order valence-corrected chi connectivity index (χ1v) is 7.80. The molecule has 0 radical (unpaired) electrons. The molecule has 5 nitrogen and oxygen atoms in total. The summed E-state index contributed by atoms with van der Waals surface area (Å²) < 4.78 is 13.2. The van der Waals surface area contributed by atoms with Crippen molar-refractivity contribution in [3.05, 3.63) is 35.6 Å². The van der Waals surface area contributed by atoms with Crippen LogP contribution < -0.4 is 5.32 Å². The summed E-state index contributed by atoms with van der Waals surface area (Å²) in [7, 11) is 0. The van der Waals surface area contributed by atoms with Crippen LogP contribution in [0.1, 0.15) is 45.1 Å². The second-order valence-electron chi connectivity index (χ2n) is 5.85. The summed E-state index contributed by atoms with van der Waals surface area (Å²) in [4.78, 5) is 37.3. The average Bonchev–Trinajstić information content (AvgIpc) is 2.75. The summed E-state index contributed by atoms with van der Waals surface area (Å²) >= 11 is 0. The van der Waals surface area contributed by atoms with Gasteiger partial charge in [-0.15, -0.1) is 0 Å². The fraction of sp³-hybridized carbons (Fsp3) is 0.471. The van der Waals surface area contributed by atoms with Crippen LogP contribution in [-0.4, -0.2) is 29.2 Å². The number of Topliss-reactive ketones (excluding diaryl/α,β-unsaturated/α-hetero) is 1. The van der Waals surface area contributed by atoms with Crippen LogP contribution in [0.2, 0.25) is 0 Å². The molecule has 0 bridgehead atoms. The molecule has 1 aliphatic rings. The van der Waals surface area contributed by atoms with E-state index in [2.05, 4.69) is 5.32 Å². The van der Waals surface area contributed by atoms with E-state index in [1.807, 2.05) is 6.92 Å². The first-order chi connectivity index (χ1) is 10.9. The number of benzene rings is 1. The van der Waals surface area contributed by atoms with E-state index in [0.717, 1.165) is 17.7 Å². The van der Waals surface area contributed by atoms with E-state index < -0.39 is 17.4 Å². The first kappa shape index (κ1) is 17.1. The van der Waals surface area contributed by atoms with Crippen molar-refractivity contribution in [2.24, 2.45) is 0 Å². The number of rotatable bonds is 7. The number of hydrogen-bond acceptors (Lipinski definition) is 3. The Morgan fingerprint density at radius 2 is 1.91 bits per heavy atom. The van der Waals surface area contributed by atoms with Gasteiger partial charge in [-0.25, -0.2) is 9.18 Å². The highest BCUT2D eigenvalue weighted by Gasteiger charge is 2.51. The van der Waals surface area contributed by atoms with E-state index in [1.165, 1.54) is 31.2 Å². The lowest BCUT2D eigenvalue weighted by molar-refractivity contribution is -0.132. The van der Waals surface area contributed by atoms with Gasteiger partial charge < -0.3 is 5.32 Å². The number of halogens is 1. The van der Waals surface area contributed by atoms with Gasteiger partial charge in [-0.3, -0.25) is 14.5 Å². The van der Waals surface area contributed by atoms with Crippen LogP contribution in [-0.2, 0) is 15.1 Å². The Morgan fingerprint density at radius 3 is 2.48 bits per heavy atom. The topological polar surface area (TPSA) is 66.5 Å². The number of unbranched alkanes of at least 4 members (excludes halogenated alkanes) is 1. The van der Waals surface area contributed by atoms with E-state index in [4.69, 9.17) is 0 Å². The van der Waals surface area contributed by atoms with Crippen LogP contribution in [0.4, 0.5) is 9.18 Å². The summed E-state index contributed by atoms with van der Waals surface area (Å²) in [5.74, 6) is -0.855. The number of carbonyl (C=O) groups is 3. The predicted octanol–water partition coefficient (Wildman–Crippen LogP) is 2.74. The van der Waals surface area contributed by atoms with Crippen molar-refractivity contribution >= 4 is 17.7 Å². The molecule has 1 fully saturated rings. The largest absolute Gasteiger partial charge is 0.325 e. The Kier molecular flexibility index (Phi) is 5.13. The van der Waals surface area contributed by atoms with Gasteiger partial charge in [0.05, 0.1) is 0 Å². The number of nitrogens with one attached hydrogen (secondary N) is 1. The molecule has 1 atom stereocenters. The quantitative estimate of drug-likeness (QED) is 0.786. The van der Waals surface area contributed by atoms with Crippen LogP contribution in [0.15, 0.2) is 24.3 Å². The molecule has 124 valence electrons. The van der Waals surface area contributed by atoms with Crippen molar-refractivity contribution in [1.29, 1.82) is 0 Å². The maximum atomic E-state index is 13.2. The van der Waals surface area contributed by atoms with Crippen LogP contribution in [0.5, 0.6) is 0 Å². The van der Waals surface area contributed by atoms with Gasteiger partial charge in [0.25, 0.3) is 5.91 Å². The molecule has 0 aromatic heterocycles. The third kappa shape index (κ3) is 3.41. The predicted molar refractivity (Wildman–Crippen MR) is 83.1 cm³/mol. The zero-order chi connectivity index (χ0) is 17.0. The minimum Gasteiger partial charge on any atom is -0.319 e. The molecule has 1 aromatic rings. The maximum absolute atomic E-state index is 13.2. The van der Waals surface area contributed by atoms with Crippen molar-refractivity contribution in [2.45, 2.75) is 45.1 Å². The second-order valence-corrected chi connectivity index (χ2v) is 5.85. The highest BCUT2D eigenvalue weighted by molar-refractivity contribution is 6.07. The van der Waals surface area contributed by atoms with Gasteiger partial charge in [0.1, 0.15) is 17.1 Å². The SMILES string of the molecule is CCCCC1(c2ccc(F)cc2)NC(=O)N(CCC(C)=O)C1=O. The Balaban J connectivity index is 2.35. The molecule has 2 rings (SSSR count). The molecular weight excluding hydrogens is 299 g/mol. The highest BCUT2D eigenvalue weighted by atomic mass is 19.1. The van der Waals surface area contributed by atoms with Gasteiger partial charge in [0.15, 0.2) is 0 Å². The number of nitrogens with zero attached hydrogens (tertiary/aromatic N) is 1. The van der Waals surface area contributed by atoms with Gasteiger partial charge in [-0.1, -0.05) is 31.9 Å². The average molecular weight is 320 g/mol. The zero-order valence-corrected chi connectivity index (χ0v) is 13.4. The normalized spacial score (nSPS) is 20.7. The van der Waals surface area contributed by atoms with Crippen molar-refractivity contribution < 1.29 is 18.8 Å². The molecule has 1 aliphatic heterocycles. The lowest BCUT2D eigenvalue weighted by atomic mass is 9.84. The number of urea groups is 1. The lowest BCUT2D eigenvalue weighted by Gasteiger charge is -2.27. The summed E-state index contributed by atoms with van der Waals surface area (Å²) in [6.45, 7) is 3.48. The smallest absolute Gasteiger partial charge is 0.319 e. The molecule has 6 heteroatoms. The molecule has 1 saturated heterocycles. The Hall–Kier alpha value is -2.24. The molecule has 1 heterocycles. The lowest BCUT2D eigenvalue weighted by Crippen LogP contribution is -2.44. The summed E-state index contributed by atoms with van der Waals surface area (Å²) in [5.41, 5.74) is -0.603. The Labute approximate surface area is 134 Å². The van der Waals surface area contributed by atoms with E-state index in [1.54, 1.807) is 0 Å². The molecule has 23 heavy (non-hydrogen) atoms. The number of imide groups is 1. The number of amides is 3. The third-order valence-electron chi connectivity index (χ3n) is 4.11. The fourth-order valence-electron chi connectivity index (χ4n) is 2.78. The number of ketones is 1. The van der Waals surface area contributed by atoms with E-state index in [9.17, 15) is 18.8 Å². The van der Waals surface area contributed by atoms with E-state index >= 15 is 0 Å². The van der Waals surface area contributed by atoms with Crippen LogP contribution in [0, 0.1) is 5.82 Å². The number of carbonyl (C=O) groups excluding carboxylic acids is 3. The standard InChI is InChI=1S/C17H21FN2O3/c1-3-4-10-17(13-5-7-14(18)8-6-13)15(22)20(16(23)19-17)11-9-12(2)21/h5-8H,3-4,9-11H2,1-2H3,(H,19,23). The second kappa shape index (κ2) is 6.89. The molecule has 0 saturated carbocycles. The van der Waals surface area contributed by atoms with Gasteiger partial charge in [-0.05, 0) is 31.0 Å². The monoisotopic (exact) mass is 320 g/mol. The Bertz CT molecular complexity index is 615. The fourth-order valence-corrected chi connectivity index (χ4v) is 2.78. The van der Waals surface area contributed by atoms with Crippen molar-refractivity contribution in [2.75, 3.05) is 6.54 Å². The zero-order valence-electron chi connectivity index (χ0n) is 13.4. The van der Waals surface area contributed by atoms with Crippen molar-refractivity contribution in [3.63, 3.8) is 0 Å². The van der Waals surface area contributed by atoms with Crippen LogP contribution in [0.3, 0.4) is 0 Å². The summed E-state index contributed by atoms with van der Waals surface area (Å²) in [6.07, 6.45) is 2.17. The van der Waals surface area contributed by atoms with Crippen molar-refractivity contribution in [3.8, 4) is 0 Å². The van der Waals surface area contributed by atoms with Gasteiger partial charge >= 0.3 is 6.03 Å². The minimum atomic E-state index is -1.17. The third-order valence-corrected chi connectivity index (χ3v) is 4.11. The van der Waals surface area contributed by atoms with Crippen molar-refractivity contribution in [1.82, 2.24) is 10.2 Å². The molecule has 1 aromatic carbocycles. The molecule has 1 unspecified atom stereocenters. The van der Waals surface area contributed by atoms with Gasteiger partial charge in [-0.2, -0.15) is 0 Å². The van der Waals surface area contributed by atoms with E-state index in [-0.39, 0.29) is 24.7 Å². The minimum absolute atomic E-state index is 0.0646. The number of hydrogen-bond donors (Lipinski definition) is 1. The summed E-state index contributed by atoms with van der Waals surface area (Å²) in [5, 5.41) is 2.77. The molecule has 0 aliphatic carbocycles. The molecule has 3 amide bonds. The maximum Gasteiger partial charge on any atom is 0.325 e. The van der Waals surface area contributed by atoms with Gasteiger partial charge in [0, 0.05) is 13.0 Å². The molecule has 1 N–H and O–H groups in total. The molecule has 0 spiro atoms. The highest BCUT2D eigenvalue weighted by Crippen LogP contribution is 2.34. The van der Waals surface area contributed by atoms with Crippen LogP contribution in [0.25, 0.3) is 0 Å².